The van der Waals surface area contributed by atoms with Crippen molar-refractivity contribution in [2.24, 2.45) is 0 Å². The van der Waals surface area contributed by atoms with Crippen molar-refractivity contribution in [2.75, 3.05) is 6.61 Å². The minimum Gasteiger partial charge on any atom is -0.493 e. The summed E-state index contributed by atoms with van der Waals surface area (Å²) in [4.78, 5) is 20.2. The smallest absolute Gasteiger partial charge is 0.217 e. The molecule has 0 aliphatic carbocycles. The molecule has 4 rings (SSSR count). The van der Waals surface area contributed by atoms with Crippen molar-refractivity contribution in [3.8, 4) is 17.4 Å². The Balaban J connectivity index is 1.48. The number of fused-ring (bicyclic) bond motifs is 1. The first kappa shape index (κ1) is 23.2. The van der Waals surface area contributed by atoms with Gasteiger partial charge >= 0.3 is 0 Å². The van der Waals surface area contributed by atoms with Gasteiger partial charge in [-0.3, -0.25) is 0 Å². The molecule has 0 atom stereocenters. The van der Waals surface area contributed by atoms with Gasteiger partial charge in [0.05, 0.1) is 17.8 Å². The first-order valence-electron chi connectivity index (χ1n) is 11.4. The maximum Gasteiger partial charge on any atom is 0.217 e. The number of aromatic nitrogens is 2. The second kappa shape index (κ2) is 11.3. The average molecular weight is 457 g/mol. The number of hydrogen-bond donors (Lipinski definition) is 0. The van der Waals surface area contributed by atoms with Crippen molar-refractivity contribution >= 4 is 16.7 Å². The molecule has 0 N–H and O–H groups in total. The lowest BCUT2D eigenvalue weighted by Crippen LogP contribution is -2.06. The fourth-order valence-corrected chi connectivity index (χ4v) is 3.60. The summed E-state index contributed by atoms with van der Waals surface area (Å²) in [6, 6.07) is 21.6. The summed E-state index contributed by atoms with van der Waals surface area (Å²) in [5.74, 6) is 2.07. The van der Waals surface area contributed by atoms with Gasteiger partial charge in [0.25, 0.3) is 0 Å². The van der Waals surface area contributed by atoms with Crippen LogP contribution in [0.25, 0.3) is 10.9 Å². The molecule has 174 valence electrons. The standard InChI is InChI=1S/C28H28N2O4/c1-20(31)9-8-16-32-23-14-15-29-27(17-23)33-19-26-21(2)28(24-12-6-7-13-25(24)30-26)34-18-22-10-4-3-5-11-22/h3-7,10-15,17H,8-9,16,18-19H2,1-2H3. The van der Waals surface area contributed by atoms with Crippen LogP contribution in [0.4, 0.5) is 0 Å². The molecule has 2 heterocycles. The van der Waals surface area contributed by atoms with E-state index in [0.29, 0.717) is 37.7 Å². The second-order valence-corrected chi connectivity index (χ2v) is 8.08. The van der Waals surface area contributed by atoms with Crippen LogP contribution >= 0.6 is 0 Å². The molecule has 6 nitrogen and oxygen atoms in total. The fraction of sp³-hybridized carbons (Fsp3) is 0.250. The van der Waals surface area contributed by atoms with Gasteiger partial charge in [0.2, 0.25) is 5.88 Å². The number of Topliss-reactive ketones (excluding diaryl/α,β-unsaturated/α-hetero) is 1. The summed E-state index contributed by atoms with van der Waals surface area (Å²) in [5.41, 5.74) is 3.68. The molecule has 2 aromatic heterocycles. The summed E-state index contributed by atoms with van der Waals surface area (Å²) in [6.45, 7) is 4.77. The highest BCUT2D eigenvalue weighted by Crippen LogP contribution is 2.31. The number of nitrogens with zero attached hydrogens (tertiary/aromatic N) is 2. The molecule has 34 heavy (non-hydrogen) atoms. The van der Waals surface area contributed by atoms with Crippen LogP contribution in [0.2, 0.25) is 0 Å². The molecule has 0 aliphatic rings. The predicted molar refractivity (Wildman–Crippen MR) is 131 cm³/mol. The van der Waals surface area contributed by atoms with E-state index in [-0.39, 0.29) is 12.4 Å². The summed E-state index contributed by atoms with van der Waals surface area (Å²) < 4.78 is 17.9. The lowest BCUT2D eigenvalue weighted by Gasteiger charge is -2.16. The molecular weight excluding hydrogens is 428 g/mol. The fourth-order valence-electron chi connectivity index (χ4n) is 3.60. The van der Waals surface area contributed by atoms with E-state index >= 15 is 0 Å². The molecule has 4 aromatic rings. The number of rotatable bonds is 11. The number of hydrogen-bond acceptors (Lipinski definition) is 6. The Morgan fingerprint density at radius 1 is 0.912 bits per heavy atom. The Hall–Kier alpha value is -3.93. The lowest BCUT2D eigenvalue weighted by atomic mass is 10.1. The number of pyridine rings is 2. The number of ketones is 1. The van der Waals surface area contributed by atoms with E-state index in [1.165, 1.54) is 0 Å². The Bertz CT molecular complexity index is 1260. The van der Waals surface area contributed by atoms with Gasteiger partial charge in [0, 0.05) is 29.6 Å². The van der Waals surface area contributed by atoms with Crippen LogP contribution < -0.4 is 14.2 Å². The van der Waals surface area contributed by atoms with E-state index < -0.39 is 0 Å². The zero-order valence-electron chi connectivity index (χ0n) is 19.5. The minimum absolute atomic E-state index is 0.160. The lowest BCUT2D eigenvalue weighted by molar-refractivity contribution is -0.117. The molecule has 0 bridgehead atoms. The largest absolute Gasteiger partial charge is 0.493 e. The van der Waals surface area contributed by atoms with Gasteiger partial charge in [-0.15, -0.1) is 0 Å². The number of carbonyl (C=O) groups excluding carboxylic acids is 1. The van der Waals surface area contributed by atoms with Crippen LogP contribution in [0, 0.1) is 6.92 Å². The predicted octanol–water partition coefficient (Wildman–Crippen LogP) is 5.84. The molecule has 0 radical (unpaired) electrons. The maximum absolute atomic E-state index is 11.1. The SMILES string of the molecule is CC(=O)CCCOc1ccnc(OCc2nc3ccccc3c(OCc3ccccc3)c2C)c1. The van der Waals surface area contributed by atoms with Crippen molar-refractivity contribution in [1.29, 1.82) is 0 Å². The highest BCUT2D eigenvalue weighted by atomic mass is 16.5. The summed E-state index contributed by atoms with van der Waals surface area (Å²) in [6.07, 6.45) is 2.83. The number of benzene rings is 2. The quantitative estimate of drug-likeness (QED) is 0.264. The molecule has 0 aliphatic heterocycles. The van der Waals surface area contributed by atoms with Crippen LogP contribution in [0.3, 0.4) is 0 Å². The van der Waals surface area contributed by atoms with Gasteiger partial charge < -0.3 is 19.0 Å². The van der Waals surface area contributed by atoms with E-state index in [1.54, 1.807) is 25.3 Å². The second-order valence-electron chi connectivity index (χ2n) is 8.08. The van der Waals surface area contributed by atoms with Crippen LogP contribution in [0.1, 0.15) is 36.6 Å². The van der Waals surface area contributed by atoms with Crippen molar-refractivity contribution in [3.05, 3.63) is 89.7 Å². The number of carbonyl (C=O) groups is 1. The monoisotopic (exact) mass is 456 g/mol. The third kappa shape index (κ3) is 6.10. The first-order valence-corrected chi connectivity index (χ1v) is 11.4. The summed E-state index contributed by atoms with van der Waals surface area (Å²) in [5, 5.41) is 0.971. The van der Waals surface area contributed by atoms with Gasteiger partial charge in [-0.25, -0.2) is 9.97 Å². The summed E-state index contributed by atoms with van der Waals surface area (Å²) >= 11 is 0. The zero-order valence-corrected chi connectivity index (χ0v) is 19.5. The van der Waals surface area contributed by atoms with Crippen molar-refractivity contribution in [1.82, 2.24) is 9.97 Å². The van der Waals surface area contributed by atoms with E-state index in [9.17, 15) is 4.79 Å². The molecule has 0 saturated heterocycles. The maximum atomic E-state index is 11.1. The van der Waals surface area contributed by atoms with Crippen molar-refractivity contribution < 1.29 is 19.0 Å². The third-order valence-corrected chi connectivity index (χ3v) is 5.41. The molecule has 0 amide bonds. The molecule has 0 unspecified atom stereocenters. The van der Waals surface area contributed by atoms with Gasteiger partial charge in [0.15, 0.2) is 0 Å². The molecule has 0 fully saturated rings. The number of para-hydroxylation sites is 1. The summed E-state index contributed by atoms with van der Waals surface area (Å²) in [7, 11) is 0. The molecule has 6 heteroatoms. The third-order valence-electron chi connectivity index (χ3n) is 5.41. The molecule has 0 spiro atoms. The molecule has 0 saturated carbocycles. The Labute approximate surface area is 199 Å². The zero-order chi connectivity index (χ0) is 23.8. The van der Waals surface area contributed by atoms with Gasteiger partial charge in [-0.2, -0.15) is 0 Å². The van der Waals surface area contributed by atoms with Crippen LogP contribution in [0.5, 0.6) is 17.4 Å². The van der Waals surface area contributed by atoms with E-state index in [1.807, 2.05) is 61.5 Å². The Morgan fingerprint density at radius 2 is 1.71 bits per heavy atom. The van der Waals surface area contributed by atoms with Gasteiger partial charge in [0.1, 0.15) is 30.5 Å². The number of ether oxygens (including phenoxy) is 3. The van der Waals surface area contributed by atoms with Crippen molar-refractivity contribution in [3.63, 3.8) is 0 Å². The first-order chi connectivity index (χ1) is 16.6. The minimum atomic E-state index is 0.160. The van der Waals surface area contributed by atoms with Gasteiger partial charge in [-0.05, 0) is 44.0 Å². The molecular formula is C28H28N2O4. The highest BCUT2D eigenvalue weighted by molar-refractivity contribution is 5.86. The van der Waals surface area contributed by atoms with Crippen molar-refractivity contribution in [2.45, 2.75) is 39.9 Å². The van der Waals surface area contributed by atoms with E-state index in [4.69, 9.17) is 19.2 Å². The van der Waals surface area contributed by atoms with Gasteiger partial charge in [-0.1, -0.05) is 42.5 Å². The topological polar surface area (TPSA) is 70.5 Å². The van der Waals surface area contributed by atoms with Crippen LogP contribution in [0.15, 0.2) is 72.9 Å². The Morgan fingerprint density at radius 3 is 2.53 bits per heavy atom. The van der Waals surface area contributed by atoms with E-state index in [0.717, 1.165) is 33.5 Å². The van der Waals surface area contributed by atoms with Crippen LogP contribution in [-0.4, -0.2) is 22.4 Å². The van der Waals surface area contributed by atoms with Crippen LogP contribution in [-0.2, 0) is 18.0 Å². The Kier molecular flexibility index (Phi) is 7.71. The normalized spacial score (nSPS) is 10.8. The average Bonchev–Trinajstić information content (AvgIpc) is 2.86. The molecule has 2 aromatic carbocycles. The van der Waals surface area contributed by atoms with E-state index in [2.05, 4.69) is 4.98 Å². The highest BCUT2D eigenvalue weighted by Gasteiger charge is 2.14.